The van der Waals surface area contributed by atoms with E-state index in [-0.39, 0.29) is 28.7 Å². The summed E-state index contributed by atoms with van der Waals surface area (Å²) in [6.45, 7) is 10.9. The molecular formula is C28H37NO4. The topological polar surface area (TPSA) is 71.7 Å². The Bertz CT molecular complexity index is 1090. The van der Waals surface area contributed by atoms with E-state index in [1.807, 2.05) is 0 Å². The summed E-state index contributed by atoms with van der Waals surface area (Å²) >= 11 is 0. The number of phenolic OH excluding ortho intramolecular Hbond substituents is 1. The molecule has 1 aromatic carbocycles. The van der Waals surface area contributed by atoms with Crippen molar-refractivity contribution in [1.82, 2.24) is 4.57 Å². The molecule has 4 atom stereocenters. The number of hydrogen-bond acceptors (Lipinski definition) is 4. The lowest BCUT2D eigenvalue weighted by Gasteiger charge is -2.31. The van der Waals surface area contributed by atoms with Crippen LogP contribution < -0.4 is 5.56 Å². The van der Waals surface area contributed by atoms with E-state index in [9.17, 15) is 15.0 Å². The third-order valence-electron chi connectivity index (χ3n) is 6.68. The average Bonchev–Trinajstić information content (AvgIpc) is 2.77. The highest BCUT2D eigenvalue weighted by atomic mass is 16.5. The van der Waals surface area contributed by atoms with Gasteiger partial charge in [-0.15, -0.1) is 0 Å². The fraction of sp³-hybridized carbons (Fsp3) is 0.464. The van der Waals surface area contributed by atoms with Crippen LogP contribution in [-0.2, 0) is 11.8 Å². The Kier molecular flexibility index (Phi) is 7.85. The van der Waals surface area contributed by atoms with Gasteiger partial charge in [0.2, 0.25) is 0 Å². The normalized spacial score (nSPS) is 20.9. The third-order valence-corrected chi connectivity index (χ3v) is 6.68. The van der Waals surface area contributed by atoms with Crippen LogP contribution in [0, 0.1) is 11.8 Å². The first kappa shape index (κ1) is 24.8. The van der Waals surface area contributed by atoms with Gasteiger partial charge in [-0.05, 0) is 67.4 Å². The van der Waals surface area contributed by atoms with Crippen LogP contribution >= 0.6 is 0 Å². The maximum absolute atomic E-state index is 13.1. The first-order valence-electron chi connectivity index (χ1n) is 11.8. The van der Waals surface area contributed by atoms with Crippen LogP contribution in [0.3, 0.4) is 0 Å². The molecule has 2 N–H and O–H groups in total. The zero-order valence-corrected chi connectivity index (χ0v) is 20.6. The lowest BCUT2D eigenvalue weighted by atomic mass is 9.90. The Morgan fingerprint density at radius 2 is 1.91 bits per heavy atom. The van der Waals surface area contributed by atoms with E-state index in [2.05, 4.69) is 46.8 Å². The van der Waals surface area contributed by atoms with Crippen molar-refractivity contribution in [2.45, 2.75) is 66.1 Å². The fourth-order valence-corrected chi connectivity index (χ4v) is 4.68. The summed E-state index contributed by atoms with van der Waals surface area (Å²) in [6.07, 6.45) is 8.08. The monoisotopic (exact) mass is 451 g/mol. The predicted molar refractivity (Wildman–Crippen MR) is 133 cm³/mol. The Morgan fingerprint density at radius 1 is 1.24 bits per heavy atom. The highest BCUT2D eigenvalue weighted by molar-refractivity contribution is 5.71. The lowest BCUT2D eigenvalue weighted by molar-refractivity contribution is 0.0135. The van der Waals surface area contributed by atoms with Crippen molar-refractivity contribution in [2.75, 3.05) is 0 Å². The van der Waals surface area contributed by atoms with E-state index in [0.717, 1.165) is 29.6 Å². The Hall–Kier alpha value is -2.79. The van der Waals surface area contributed by atoms with Crippen LogP contribution in [0.1, 0.15) is 65.5 Å². The van der Waals surface area contributed by atoms with E-state index in [4.69, 9.17) is 4.74 Å². The Morgan fingerprint density at radius 3 is 2.55 bits per heavy atom. The summed E-state index contributed by atoms with van der Waals surface area (Å²) in [5.74, 6) is 1.19. The van der Waals surface area contributed by atoms with Gasteiger partial charge in [-0.3, -0.25) is 4.79 Å². The molecule has 3 rings (SSSR count). The van der Waals surface area contributed by atoms with Gasteiger partial charge in [0.1, 0.15) is 11.5 Å². The minimum atomic E-state index is -0.539. The number of allylic oxidation sites excluding steroid dienone is 1. The molecule has 0 aliphatic carbocycles. The van der Waals surface area contributed by atoms with Gasteiger partial charge in [-0.25, -0.2) is 0 Å². The van der Waals surface area contributed by atoms with Gasteiger partial charge in [0.15, 0.2) is 0 Å². The molecule has 2 heterocycles. The molecule has 0 amide bonds. The van der Waals surface area contributed by atoms with E-state index in [1.54, 1.807) is 37.5 Å². The number of rotatable bonds is 7. The van der Waals surface area contributed by atoms with Gasteiger partial charge < -0.3 is 19.5 Å². The van der Waals surface area contributed by atoms with E-state index >= 15 is 0 Å². The van der Waals surface area contributed by atoms with Gasteiger partial charge in [-0.2, -0.15) is 0 Å². The molecule has 0 fully saturated rings. The van der Waals surface area contributed by atoms with Crippen LogP contribution in [0.4, 0.5) is 0 Å². The van der Waals surface area contributed by atoms with Crippen molar-refractivity contribution < 1.29 is 14.9 Å². The standard InChI is InChI=1S/C28H37NO4/c1-7-17(2)14-18(3)15-20(5)27-19(4)8-13-24(33-27)25-26(31)23(16-29(6)28(25)32)21-9-11-22(30)12-10-21/h8-12,15-18,24,27,30-31H,7,13-14H2,1-6H3/b20-15+/t17-,18+,24-,27+/m0/s1. The summed E-state index contributed by atoms with van der Waals surface area (Å²) in [5.41, 5.74) is 3.52. The van der Waals surface area contributed by atoms with Crippen LogP contribution in [0.5, 0.6) is 11.5 Å². The van der Waals surface area contributed by atoms with Crippen molar-refractivity contribution in [3.05, 3.63) is 69.7 Å². The van der Waals surface area contributed by atoms with Gasteiger partial charge in [-0.1, -0.05) is 51.5 Å². The molecule has 33 heavy (non-hydrogen) atoms. The summed E-state index contributed by atoms with van der Waals surface area (Å²) in [6, 6.07) is 6.57. The quantitative estimate of drug-likeness (QED) is 0.488. The van der Waals surface area contributed by atoms with Gasteiger partial charge >= 0.3 is 0 Å². The smallest absolute Gasteiger partial charge is 0.259 e. The van der Waals surface area contributed by atoms with Gasteiger partial charge in [0, 0.05) is 18.8 Å². The molecule has 2 aromatic rings. The first-order valence-corrected chi connectivity index (χ1v) is 11.8. The minimum Gasteiger partial charge on any atom is -0.508 e. The summed E-state index contributed by atoms with van der Waals surface area (Å²) in [4.78, 5) is 13.1. The number of aromatic hydroxyl groups is 2. The SMILES string of the molecule is CC[C@H](C)C[C@@H](C)/C=C(\C)[C@@H]1O[C@H](c2c(O)c(-c3ccc(O)cc3)cn(C)c2=O)CC=C1C. The molecule has 0 saturated heterocycles. The molecular weight excluding hydrogens is 414 g/mol. The summed E-state index contributed by atoms with van der Waals surface area (Å²) in [5, 5.41) is 20.8. The second-order valence-corrected chi connectivity index (χ2v) is 9.59. The average molecular weight is 452 g/mol. The van der Waals surface area contributed by atoms with E-state index in [1.165, 1.54) is 4.57 Å². The number of phenols is 1. The number of aromatic nitrogens is 1. The lowest BCUT2D eigenvalue weighted by Crippen LogP contribution is -2.30. The molecule has 5 nitrogen and oxygen atoms in total. The van der Waals surface area contributed by atoms with Crippen LogP contribution in [-0.4, -0.2) is 20.9 Å². The van der Waals surface area contributed by atoms with Crippen LogP contribution in [0.25, 0.3) is 11.1 Å². The summed E-state index contributed by atoms with van der Waals surface area (Å²) in [7, 11) is 1.68. The third kappa shape index (κ3) is 5.59. The molecule has 178 valence electrons. The molecule has 1 aliphatic heterocycles. The number of ether oxygens (including phenoxy) is 1. The number of nitrogens with zero attached hydrogens (tertiary/aromatic N) is 1. The Balaban J connectivity index is 1.95. The molecule has 0 saturated carbocycles. The molecule has 1 aromatic heterocycles. The highest BCUT2D eigenvalue weighted by Gasteiger charge is 2.30. The van der Waals surface area contributed by atoms with Crippen LogP contribution in [0.2, 0.25) is 0 Å². The van der Waals surface area contributed by atoms with Crippen molar-refractivity contribution in [1.29, 1.82) is 0 Å². The second kappa shape index (κ2) is 10.4. The highest BCUT2D eigenvalue weighted by Crippen LogP contribution is 2.40. The maximum atomic E-state index is 13.1. The number of hydrogen-bond donors (Lipinski definition) is 2. The van der Waals surface area contributed by atoms with Crippen molar-refractivity contribution in [2.24, 2.45) is 18.9 Å². The number of aryl methyl sites for hydroxylation is 1. The predicted octanol–water partition coefficient (Wildman–Crippen LogP) is 6.26. The Labute approximate surface area is 197 Å². The van der Waals surface area contributed by atoms with Crippen molar-refractivity contribution in [3.8, 4) is 22.6 Å². The van der Waals surface area contributed by atoms with E-state index < -0.39 is 6.10 Å². The van der Waals surface area contributed by atoms with Crippen molar-refractivity contribution in [3.63, 3.8) is 0 Å². The largest absolute Gasteiger partial charge is 0.508 e. The minimum absolute atomic E-state index is 0.0627. The summed E-state index contributed by atoms with van der Waals surface area (Å²) < 4.78 is 7.94. The fourth-order valence-electron chi connectivity index (χ4n) is 4.68. The molecule has 1 aliphatic rings. The number of benzene rings is 1. The van der Waals surface area contributed by atoms with Gasteiger partial charge in [0.05, 0.1) is 17.8 Å². The molecule has 0 radical (unpaired) electrons. The molecule has 5 heteroatoms. The maximum Gasteiger partial charge on any atom is 0.259 e. The molecule has 0 unspecified atom stereocenters. The zero-order chi connectivity index (χ0) is 24.3. The zero-order valence-electron chi connectivity index (χ0n) is 20.6. The van der Waals surface area contributed by atoms with E-state index in [0.29, 0.717) is 23.8 Å². The molecule has 0 bridgehead atoms. The van der Waals surface area contributed by atoms with Crippen molar-refractivity contribution >= 4 is 0 Å². The van der Waals surface area contributed by atoms with Gasteiger partial charge in [0.25, 0.3) is 5.56 Å². The first-order chi connectivity index (χ1) is 15.6. The molecule has 0 spiro atoms. The second-order valence-electron chi connectivity index (χ2n) is 9.59. The number of pyridine rings is 1. The van der Waals surface area contributed by atoms with Crippen LogP contribution in [0.15, 0.2) is 58.6 Å².